The number of ether oxygens (including phenoxy) is 2. The molecule has 3 atom stereocenters. The highest BCUT2D eigenvalue weighted by Crippen LogP contribution is 2.41. The zero-order chi connectivity index (χ0) is 17.1. The molecule has 1 aliphatic carbocycles. The second-order valence-corrected chi connectivity index (χ2v) is 7.11. The van der Waals surface area contributed by atoms with Gasteiger partial charge in [-0.25, -0.2) is 0 Å². The first kappa shape index (κ1) is 17.2. The lowest BCUT2D eigenvalue weighted by atomic mass is 10.0. The standard InChI is InChI=1S/C19H28N2O3/c1-13-10-21(11-14(2)24-13)12-18(22)20-19(15-4-5-15)16-6-8-17(23-3)9-7-16/h6-9,13-15,19H,4-5,10-12H2,1-3H3,(H,20,22). The zero-order valence-corrected chi connectivity index (χ0v) is 14.8. The summed E-state index contributed by atoms with van der Waals surface area (Å²) in [5.74, 6) is 1.50. The highest BCUT2D eigenvalue weighted by atomic mass is 16.5. The van der Waals surface area contributed by atoms with Gasteiger partial charge < -0.3 is 14.8 Å². The molecule has 3 unspecified atom stereocenters. The number of nitrogens with zero attached hydrogens (tertiary/aromatic N) is 1. The summed E-state index contributed by atoms with van der Waals surface area (Å²) in [6.07, 6.45) is 2.73. The lowest BCUT2D eigenvalue weighted by molar-refractivity contribution is -0.126. The zero-order valence-electron chi connectivity index (χ0n) is 14.8. The molecule has 1 aromatic carbocycles. The minimum absolute atomic E-state index is 0.101. The Hall–Kier alpha value is -1.59. The highest BCUT2D eigenvalue weighted by molar-refractivity contribution is 5.78. The van der Waals surface area contributed by atoms with E-state index in [9.17, 15) is 4.79 Å². The average molecular weight is 332 g/mol. The number of methoxy groups -OCH3 is 1. The maximum absolute atomic E-state index is 12.5. The van der Waals surface area contributed by atoms with Gasteiger partial charge in [-0.1, -0.05) is 12.1 Å². The van der Waals surface area contributed by atoms with Crippen molar-refractivity contribution in [3.63, 3.8) is 0 Å². The Morgan fingerprint density at radius 2 is 1.88 bits per heavy atom. The number of carbonyl (C=O) groups is 1. The largest absolute Gasteiger partial charge is 0.497 e. The van der Waals surface area contributed by atoms with Crippen LogP contribution in [0.1, 0.15) is 38.3 Å². The summed E-state index contributed by atoms with van der Waals surface area (Å²) in [5.41, 5.74) is 1.16. The minimum Gasteiger partial charge on any atom is -0.497 e. The van der Waals surface area contributed by atoms with Crippen molar-refractivity contribution in [2.24, 2.45) is 5.92 Å². The third-order valence-corrected chi connectivity index (χ3v) is 4.75. The second-order valence-electron chi connectivity index (χ2n) is 7.11. The van der Waals surface area contributed by atoms with Crippen molar-refractivity contribution in [2.45, 2.75) is 44.9 Å². The Morgan fingerprint density at radius 3 is 2.42 bits per heavy atom. The van der Waals surface area contributed by atoms with Crippen LogP contribution < -0.4 is 10.1 Å². The van der Waals surface area contributed by atoms with Crippen LogP contribution in [-0.4, -0.2) is 49.8 Å². The van der Waals surface area contributed by atoms with E-state index in [1.54, 1.807) is 7.11 Å². The lowest BCUT2D eigenvalue weighted by Crippen LogP contribution is -2.49. The summed E-state index contributed by atoms with van der Waals surface area (Å²) >= 11 is 0. The average Bonchev–Trinajstić information content (AvgIpc) is 3.36. The third kappa shape index (κ3) is 4.48. The number of carbonyl (C=O) groups excluding carboxylic acids is 1. The normalized spacial score (nSPS) is 26.0. The molecule has 2 aliphatic rings. The van der Waals surface area contributed by atoms with Gasteiger partial charge in [0.25, 0.3) is 0 Å². The monoisotopic (exact) mass is 332 g/mol. The Labute approximate surface area is 144 Å². The number of hydrogen-bond donors (Lipinski definition) is 1. The molecule has 5 nitrogen and oxygen atoms in total. The molecular weight excluding hydrogens is 304 g/mol. The van der Waals surface area contributed by atoms with Gasteiger partial charge in [-0.3, -0.25) is 9.69 Å². The van der Waals surface area contributed by atoms with Crippen molar-refractivity contribution in [1.29, 1.82) is 0 Å². The van der Waals surface area contributed by atoms with E-state index in [4.69, 9.17) is 9.47 Å². The van der Waals surface area contributed by atoms with Gasteiger partial charge in [0.15, 0.2) is 0 Å². The number of morpholine rings is 1. The van der Waals surface area contributed by atoms with E-state index in [0.717, 1.165) is 24.4 Å². The smallest absolute Gasteiger partial charge is 0.234 e. The summed E-state index contributed by atoms with van der Waals surface area (Å²) in [5, 5.41) is 3.25. The van der Waals surface area contributed by atoms with Crippen LogP contribution in [0.25, 0.3) is 0 Å². The quantitative estimate of drug-likeness (QED) is 0.869. The van der Waals surface area contributed by atoms with Crippen LogP contribution in [0.4, 0.5) is 0 Å². The predicted molar refractivity (Wildman–Crippen MR) is 93.1 cm³/mol. The van der Waals surface area contributed by atoms with E-state index in [0.29, 0.717) is 12.5 Å². The molecule has 0 radical (unpaired) electrons. The minimum atomic E-state index is 0.101. The molecule has 3 rings (SSSR count). The number of nitrogens with one attached hydrogen (secondary N) is 1. The first-order valence-electron chi connectivity index (χ1n) is 8.86. The van der Waals surface area contributed by atoms with Crippen molar-refractivity contribution in [3.8, 4) is 5.75 Å². The molecule has 5 heteroatoms. The van der Waals surface area contributed by atoms with E-state index in [1.807, 2.05) is 12.1 Å². The summed E-state index contributed by atoms with van der Waals surface area (Å²) < 4.78 is 11.0. The lowest BCUT2D eigenvalue weighted by Gasteiger charge is -2.35. The van der Waals surface area contributed by atoms with E-state index in [2.05, 4.69) is 36.2 Å². The van der Waals surface area contributed by atoms with Crippen LogP contribution in [0.2, 0.25) is 0 Å². The molecule has 1 amide bonds. The van der Waals surface area contributed by atoms with Crippen LogP contribution in [0.15, 0.2) is 24.3 Å². The molecule has 24 heavy (non-hydrogen) atoms. The van der Waals surface area contributed by atoms with Gasteiger partial charge in [0.05, 0.1) is 31.9 Å². The molecule has 2 fully saturated rings. The fraction of sp³-hybridized carbons (Fsp3) is 0.632. The molecule has 1 N–H and O–H groups in total. The Balaban J connectivity index is 1.59. The van der Waals surface area contributed by atoms with Gasteiger partial charge in [-0.15, -0.1) is 0 Å². The molecule has 0 bridgehead atoms. The third-order valence-electron chi connectivity index (χ3n) is 4.75. The SMILES string of the molecule is COc1ccc(C(NC(=O)CN2CC(C)OC(C)C2)C2CC2)cc1. The number of benzene rings is 1. The first-order valence-corrected chi connectivity index (χ1v) is 8.86. The van der Waals surface area contributed by atoms with Crippen molar-refractivity contribution < 1.29 is 14.3 Å². The molecule has 1 saturated carbocycles. The maximum Gasteiger partial charge on any atom is 0.234 e. The van der Waals surface area contributed by atoms with E-state index in [-0.39, 0.29) is 24.2 Å². The van der Waals surface area contributed by atoms with Crippen LogP contribution >= 0.6 is 0 Å². The van der Waals surface area contributed by atoms with Gasteiger partial charge in [0, 0.05) is 13.1 Å². The molecule has 132 valence electrons. The van der Waals surface area contributed by atoms with E-state index >= 15 is 0 Å². The summed E-state index contributed by atoms with van der Waals surface area (Å²) in [7, 11) is 1.67. The van der Waals surface area contributed by atoms with Crippen LogP contribution in [0.3, 0.4) is 0 Å². The van der Waals surface area contributed by atoms with Crippen LogP contribution in [-0.2, 0) is 9.53 Å². The number of hydrogen-bond acceptors (Lipinski definition) is 4. The molecule has 1 aromatic rings. The fourth-order valence-corrected chi connectivity index (χ4v) is 3.55. The fourth-order valence-electron chi connectivity index (χ4n) is 3.55. The van der Waals surface area contributed by atoms with Crippen molar-refractivity contribution in [3.05, 3.63) is 29.8 Å². The molecule has 0 aromatic heterocycles. The van der Waals surface area contributed by atoms with Gasteiger partial charge in [-0.05, 0) is 50.3 Å². The summed E-state index contributed by atoms with van der Waals surface area (Å²) in [4.78, 5) is 14.7. The van der Waals surface area contributed by atoms with Gasteiger partial charge in [0.1, 0.15) is 5.75 Å². The summed E-state index contributed by atoms with van der Waals surface area (Å²) in [6, 6.07) is 8.14. The van der Waals surface area contributed by atoms with Crippen molar-refractivity contribution in [1.82, 2.24) is 10.2 Å². The molecule has 1 saturated heterocycles. The first-order chi connectivity index (χ1) is 11.5. The van der Waals surface area contributed by atoms with Gasteiger partial charge in [0.2, 0.25) is 5.91 Å². The molecule has 0 spiro atoms. The second kappa shape index (κ2) is 7.53. The van der Waals surface area contributed by atoms with E-state index in [1.165, 1.54) is 12.8 Å². The molecule has 1 heterocycles. The maximum atomic E-state index is 12.5. The predicted octanol–water partition coefficient (Wildman–Crippen LogP) is 2.37. The summed E-state index contributed by atoms with van der Waals surface area (Å²) in [6.45, 7) is 6.19. The van der Waals surface area contributed by atoms with Crippen LogP contribution in [0, 0.1) is 5.92 Å². The number of rotatable bonds is 6. The van der Waals surface area contributed by atoms with Gasteiger partial charge in [-0.2, -0.15) is 0 Å². The Bertz CT molecular complexity index is 546. The highest BCUT2D eigenvalue weighted by Gasteiger charge is 2.34. The molecular formula is C19H28N2O3. The topological polar surface area (TPSA) is 50.8 Å². The number of amides is 1. The molecule has 1 aliphatic heterocycles. The van der Waals surface area contributed by atoms with Gasteiger partial charge >= 0.3 is 0 Å². The van der Waals surface area contributed by atoms with E-state index < -0.39 is 0 Å². The Morgan fingerprint density at radius 1 is 1.25 bits per heavy atom. The van der Waals surface area contributed by atoms with Crippen molar-refractivity contribution >= 4 is 5.91 Å². The van der Waals surface area contributed by atoms with Crippen molar-refractivity contribution in [2.75, 3.05) is 26.7 Å². The Kier molecular flexibility index (Phi) is 5.41. The van der Waals surface area contributed by atoms with Crippen LogP contribution in [0.5, 0.6) is 5.75 Å².